The summed E-state index contributed by atoms with van der Waals surface area (Å²) >= 11 is 5.70. The van der Waals surface area contributed by atoms with E-state index in [9.17, 15) is 17.6 Å². The minimum absolute atomic E-state index is 0.0544. The summed E-state index contributed by atoms with van der Waals surface area (Å²) in [5.74, 6) is -1.11. The predicted molar refractivity (Wildman–Crippen MR) is 83.0 cm³/mol. The minimum Gasteiger partial charge on any atom is -0.326 e. The van der Waals surface area contributed by atoms with Crippen molar-refractivity contribution < 1.29 is 17.6 Å². The zero-order valence-electron chi connectivity index (χ0n) is 11.4. The average molecular weight is 343 g/mol. The molecule has 0 spiro atoms. The van der Waals surface area contributed by atoms with Crippen LogP contribution >= 0.6 is 11.6 Å². The van der Waals surface area contributed by atoms with Crippen LogP contribution in [0.15, 0.2) is 47.4 Å². The maximum absolute atomic E-state index is 13.8. The van der Waals surface area contributed by atoms with Crippen LogP contribution in [0.1, 0.15) is 6.92 Å². The quantitative estimate of drug-likeness (QED) is 0.895. The van der Waals surface area contributed by atoms with Crippen LogP contribution in [-0.2, 0) is 14.8 Å². The monoisotopic (exact) mass is 342 g/mol. The van der Waals surface area contributed by atoms with Gasteiger partial charge in [0.05, 0.1) is 10.6 Å². The zero-order chi connectivity index (χ0) is 16.3. The van der Waals surface area contributed by atoms with E-state index >= 15 is 0 Å². The number of anilines is 2. The van der Waals surface area contributed by atoms with Crippen LogP contribution in [0, 0.1) is 5.82 Å². The van der Waals surface area contributed by atoms with Gasteiger partial charge in [-0.3, -0.25) is 9.52 Å². The lowest BCUT2D eigenvalue weighted by Gasteiger charge is -2.11. The van der Waals surface area contributed by atoms with Gasteiger partial charge in [-0.25, -0.2) is 12.8 Å². The van der Waals surface area contributed by atoms with Crippen LogP contribution in [0.2, 0.25) is 5.02 Å². The van der Waals surface area contributed by atoms with Gasteiger partial charge in [-0.05, 0) is 42.5 Å². The summed E-state index contributed by atoms with van der Waals surface area (Å²) in [7, 11) is -3.96. The van der Waals surface area contributed by atoms with E-state index in [1.807, 2.05) is 0 Å². The maximum atomic E-state index is 13.8. The number of halogens is 2. The summed E-state index contributed by atoms with van der Waals surface area (Å²) in [5, 5.41) is 2.83. The fourth-order valence-corrected chi connectivity index (χ4v) is 2.89. The molecule has 1 amide bonds. The van der Waals surface area contributed by atoms with E-state index in [1.165, 1.54) is 43.3 Å². The van der Waals surface area contributed by atoms with Gasteiger partial charge in [0.25, 0.3) is 10.0 Å². The second-order valence-corrected chi connectivity index (χ2v) is 6.55. The highest BCUT2D eigenvalue weighted by molar-refractivity contribution is 7.92. The third-order valence-corrected chi connectivity index (χ3v) is 4.29. The zero-order valence-corrected chi connectivity index (χ0v) is 13.0. The van der Waals surface area contributed by atoms with Crippen molar-refractivity contribution in [3.63, 3.8) is 0 Å². The highest BCUT2D eigenvalue weighted by Gasteiger charge is 2.16. The van der Waals surface area contributed by atoms with Crippen LogP contribution in [0.3, 0.4) is 0 Å². The fourth-order valence-electron chi connectivity index (χ4n) is 1.70. The third-order valence-electron chi connectivity index (χ3n) is 2.65. The molecule has 8 heteroatoms. The molecule has 0 heterocycles. The lowest BCUT2D eigenvalue weighted by atomic mass is 10.2. The van der Waals surface area contributed by atoms with E-state index in [0.717, 1.165) is 6.07 Å². The van der Waals surface area contributed by atoms with Gasteiger partial charge in [0.15, 0.2) is 0 Å². The van der Waals surface area contributed by atoms with Crippen molar-refractivity contribution >= 4 is 38.9 Å². The smallest absolute Gasteiger partial charge is 0.261 e. The molecule has 0 fully saturated rings. The second kappa shape index (κ2) is 6.33. The minimum atomic E-state index is -3.96. The third kappa shape index (κ3) is 3.96. The highest BCUT2D eigenvalue weighted by Crippen LogP contribution is 2.23. The lowest BCUT2D eigenvalue weighted by Crippen LogP contribution is -2.14. The molecule has 0 aliphatic carbocycles. The number of hydrogen-bond acceptors (Lipinski definition) is 3. The second-order valence-electron chi connectivity index (χ2n) is 4.44. The number of carbonyl (C=O) groups excluding carboxylic acids is 1. The van der Waals surface area contributed by atoms with Gasteiger partial charge in [-0.2, -0.15) is 0 Å². The Bertz CT molecular complexity index is 807. The van der Waals surface area contributed by atoms with Gasteiger partial charge in [0.1, 0.15) is 5.82 Å². The number of amides is 1. The van der Waals surface area contributed by atoms with Crippen molar-refractivity contribution in [2.45, 2.75) is 11.8 Å². The highest BCUT2D eigenvalue weighted by atomic mass is 35.5. The SMILES string of the molecule is CC(=O)Nc1ccc(F)c(NS(=O)(=O)c2ccc(Cl)cc2)c1. The first kappa shape index (κ1) is 16.3. The van der Waals surface area contributed by atoms with Crippen LogP contribution in [0.4, 0.5) is 15.8 Å². The first-order valence-electron chi connectivity index (χ1n) is 6.13. The summed E-state index contributed by atoms with van der Waals surface area (Å²) in [4.78, 5) is 10.9. The number of nitrogens with one attached hydrogen (secondary N) is 2. The summed E-state index contributed by atoms with van der Waals surface area (Å²) in [6, 6.07) is 9.03. The Labute approximate surface area is 132 Å². The van der Waals surface area contributed by atoms with Crippen molar-refractivity contribution in [1.82, 2.24) is 0 Å². The standard InChI is InChI=1S/C14H12ClFN2O3S/c1-9(19)17-11-4-7-13(16)14(8-11)18-22(20,21)12-5-2-10(15)3-6-12/h2-8,18H,1H3,(H,17,19). The van der Waals surface area contributed by atoms with Crippen LogP contribution in [0.25, 0.3) is 0 Å². The molecule has 0 unspecified atom stereocenters. The maximum Gasteiger partial charge on any atom is 0.261 e. The van der Waals surface area contributed by atoms with Gasteiger partial charge in [0.2, 0.25) is 5.91 Å². The Hall–Kier alpha value is -2.12. The van der Waals surface area contributed by atoms with E-state index in [4.69, 9.17) is 11.6 Å². The number of rotatable bonds is 4. The number of benzene rings is 2. The molecular weight excluding hydrogens is 331 g/mol. The van der Waals surface area contributed by atoms with Crippen LogP contribution in [-0.4, -0.2) is 14.3 Å². The molecule has 0 aliphatic rings. The number of carbonyl (C=O) groups is 1. The van der Waals surface area contributed by atoms with E-state index in [-0.39, 0.29) is 22.2 Å². The van der Waals surface area contributed by atoms with Crippen LogP contribution in [0.5, 0.6) is 0 Å². The van der Waals surface area contributed by atoms with Crippen molar-refractivity contribution in [2.24, 2.45) is 0 Å². The molecule has 5 nitrogen and oxygen atoms in total. The van der Waals surface area contributed by atoms with Crippen molar-refractivity contribution in [2.75, 3.05) is 10.0 Å². The molecule has 2 N–H and O–H groups in total. The molecule has 0 saturated heterocycles. The lowest BCUT2D eigenvalue weighted by molar-refractivity contribution is -0.114. The molecule has 0 aromatic heterocycles. The van der Waals surface area contributed by atoms with E-state index in [0.29, 0.717) is 5.02 Å². The first-order chi connectivity index (χ1) is 10.3. The number of sulfonamides is 1. The molecule has 0 bridgehead atoms. The molecule has 0 aliphatic heterocycles. The molecular formula is C14H12ClFN2O3S. The van der Waals surface area contributed by atoms with Crippen molar-refractivity contribution in [3.8, 4) is 0 Å². The Kier molecular flexibility index (Phi) is 4.68. The summed E-state index contributed by atoms with van der Waals surface area (Å²) in [6.07, 6.45) is 0. The largest absolute Gasteiger partial charge is 0.326 e. The predicted octanol–water partition coefficient (Wildman–Crippen LogP) is 3.24. The van der Waals surface area contributed by atoms with Crippen molar-refractivity contribution in [1.29, 1.82) is 0 Å². The Morgan fingerprint density at radius 2 is 1.77 bits per heavy atom. The average Bonchev–Trinajstić information content (AvgIpc) is 2.42. The van der Waals surface area contributed by atoms with E-state index < -0.39 is 15.8 Å². The van der Waals surface area contributed by atoms with Gasteiger partial charge >= 0.3 is 0 Å². The molecule has 116 valence electrons. The van der Waals surface area contributed by atoms with Gasteiger partial charge < -0.3 is 5.32 Å². The normalized spacial score (nSPS) is 11.0. The molecule has 0 saturated carbocycles. The molecule has 2 aromatic carbocycles. The Balaban J connectivity index is 2.32. The van der Waals surface area contributed by atoms with Gasteiger partial charge in [-0.1, -0.05) is 11.6 Å². The van der Waals surface area contributed by atoms with Gasteiger partial charge in [0, 0.05) is 17.6 Å². The fraction of sp³-hybridized carbons (Fsp3) is 0.0714. The van der Waals surface area contributed by atoms with Crippen molar-refractivity contribution in [3.05, 3.63) is 53.3 Å². The topological polar surface area (TPSA) is 75.3 Å². The Morgan fingerprint density at radius 1 is 1.14 bits per heavy atom. The van der Waals surface area contributed by atoms with E-state index in [2.05, 4.69) is 10.0 Å². The summed E-state index contributed by atoms with van der Waals surface area (Å²) in [5.41, 5.74) is 0.0175. The molecule has 22 heavy (non-hydrogen) atoms. The van der Waals surface area contributed by atoms with E-state index in [1.54, 1.807) is 0 Å². The Morgan fingerprint density at radius 3 is 2.36 bits per heavy atom. The number of hydrogen-bond donors (Lipinski definition) is 2. The molecule has 0 atom stereocenters. The molecule has 0 radical (unpaired) electrons. The first-order valence-corrected chi connectivity index (χ1v) is 7.99. The van der Waals surface area contributed by atoms with Crippen LogP contribution < -0.4 is 10.0 Å². The molecule has 2 aromatic rings. The summed E-state index contributed by atoms with van der Waals surface area (Å²) in [6.45, 7) is 1.29. The summed E-state index contributed by atoms with van der Waals surface area (Å²) < 4.78 is 40.3. The molecule has 2 rings (SSSR count). The van der Waals surface area contributed by atoms with Gasteiger partial charge in [-0.15, -0.1) is 0 Å².